The molecule has 0 spiro atoms. The van der Waals surface area contributed by atoms with Gasteiger partial charge in [0.05, 0.1) is 0 Å². The van der Waals surface area contributed by atoms with Crippen molar-refractivity contribution in [2.45, 2.75) is 6.92 Å². The number of hydrogen-bond acceptors (Lipinski definition) is 4. The fourth-order valence-electron chi connectivity index (χ4n) is 2.03. The van der Waals surface area contributed by atoms with Crippen molar-refractivity contribution in [2.75, 3.05) is 10.6 Å². The highest BCUT2D eigenvalue weighted by Gasteiger charge is 2.05. The molecule has 0 bridgehead atoms. The molecule has 3 rings (SSSR count). The predicted octanol–water partition coefficient (Wildman–Crippen LogP) is 5.69. The van der Waals surface area contributed by atoms with Crippen LogP contribution in [0.15, 0.2) is 59.2 Å². The average molecular weight is 390 g/mol. The van der Waals surface area contributed by atoms with Crippen LogP contribution in [0.25, 0.3) is 0 Å². The zero-order valence-electron chi connectivity index (χ0n) is 12.3. The molecule has 2 aromatic carbocycles. The number of aromatic nitrogens is 2. The third-order valence-corrected chi connectivity index (χ3v) is 4.22. The van der Waals surface area contributed by atoms with Crippen molar-refractivity contribution >= 4 is 50.7 Å². The summed E-state index contributed by atoms with van der Waals surface area (Å²) < 4.78 is 1.03. The van der Waals surface area contributed by atoms with Gasteiger partial charge < -0.3 is 10.6 Å². The number of benzene rings is 2. The van der Waals surface area contributed by atoms with Crippen molar-refractivity contribution in [2.24, 2.45) is 0 Å². The summed E-state index contributed by atoms with van der Waals surface area (Å²) in [5, 5.41) is 7.15. The molecule has 0 unspecified atom stereocenters. The summed E-state index contributed by atoms with van der Waals surface area (Å²) >= 11 is 9.55. The standard InChI is InChI=1S/C17H14BrClN4/c1-11-14(19)3-2-4-15(11)22-17-20-10-9-16(23-17)21-13-7-5-12(18)6-8-13/h2-10H,1H3,(H2,20,21,22,23). The van der Waals surface area contributed by atoms with Gasteiger partial charge >= 0.3 is 0 Å². The molecule has 0 fully saturated rings. The molecule has 3 aromatic rings. The third-order valence-electron chi connectivity index (χ3n) is 3.29. The van der Waals surface area contributed by atoms with E-state index < -0.39 is 0 Å². The topological polar surface area (TPSA) is 49.8 Å². The van der Waals surface area contributed by atoms with E-state index in [-0.39, 0.29) is 0 Å². The van der Waals surface area contributed by atoms with Gasteiger partial charge in [-0.3, -0.25) is 0 Å². The van der Waals surface area contributed by atoms with Crippen LogP contribution in [0, 0.1) is 6.92 Å². The van der Waals surface area contributed by atoms with Gasteiger partial charge in [-0.15, -0.1) is 0 Å². The zero-order chi connectivity index (χ0) is 16.2. The maximum Gasteiger partial charge on any atom is 0.229 e. The number of halogens is 2. The van der Waals surface area contributed by atoms with Gasteiger partial charge in [0, 0.05) is 27.1 Å². The van der Waals surface area contributed by atoms with Crippen LogP contribution in [0.5, 0.6) is 0 Å². The summed E-state index contributed by atoms with van der Waals surface area (Å²) in [4.78, 5) is 8.72. The highest BCUT2D eigenvalue weighted by atomic mass is 79.9. The van der Waals surface area contributed by atoms with Gasteiger partial charge in [-0.1, -0.05) is 33.6 Å². The van der Waals surface area contributed by atoms with E-state index in [0.29, 0.717) is 16.8 Å². The van der Waals surface area contributed by atoms with Gasteiger partial charge in [0.1, 0.15) is 5.82 Å². The van der Waals surface area contributed by atoms with Gasteiger partial charge in [0.25, 0.3) is 0 Å². The van der Waals surface area contributed by atoms with Crippen molar-refractivity contribution in [3.05, 3.63) is 69.8 Å². The number of nitrogens with zero attached hydrogens (tertiary/aromatic N) is 2. The van der Waals surface area contributed by atoms with E-state index in [0.717, 1.165) is 21.4 Å². The van der Waals surface area contributed by atoms with Crippen LogP contribution in [0.1, 0.15) is 5.56 Å². The zero-order valence-corrected chi connectivity index (χ0v) is 14.7. The number of rotatable bonds is 4. The Kier molecular flexibility index (Phi) is 4.79. The molecule has 1 heterocycles. The van der Waals surface area contributed by atoms with E-state index in [1.165, 1.54) is 0 Å². The minimum atomic E-state index is 0.512. The van der Waals surface area contributed by atoms with E-state index in [1.807, 2.05) is 55.5 Å². The number of anilines is 4. The largest absolute Gasteiger partial charge is 0.340 e. The first kappa shape index (κ1) is 15.8. The average Bonchev–Trinajstić information content (AvgIpc) is 2.54. The van der Waals surface area contributed by atoms with Gasteiger partial charge in [0.2, 0.25) is 5.95 Å². The molecular formula is C17H14BrClN4. The molecule has 1 aromatic heterocycles. The summed E-state index contributed by atoms with van der Waals surface area (Å²) in [6.07, 6.45) is 1.70. The molecule has 0 aliphatic rings. The Labute approximate surface area is 148 Å². The van der Waals surface area contributed by atoms with Gasteiger partial charge in [-0.05, 0) is 55.0 Å². The molecular weight excluding hydrogens is 376 g/mol. The lowest BCUT2D eigenvalue weighted by Crippen LogP contribution is -2.01. The fraction of sp³-hybridized carbons (Fsp3) is 0.0588. The molecule has 4 nitrogen and oxygen atoms in total. The van der Waals surface area contributed by atoms with Crippen LogP contribution in [-0.2, 0) is 0 Å². The number of hydrogen-bond donors (Lipinski definition) is 2. The second-order valence-electron chi connectivity index (χ2n) is 4.93. The first-order valence-electron chi connectivity index (χ1n) is 6.99. The van der Waals surface area contributed by atoms with Gasteiger partial charge in [0.15, 0.2) is 0 Å². The lowest BCUT2D eigenvalue weighted by atomic mass is 10.2. The summed E-state index contributed by atoms with van der Waals surface area (Å²) in [5.74, 6) is 1.22. The van der Waals surface area contributed by atoms with Crippen LogP contribution in [-0.4, -0.2) is 9.97 Å². The van der Waals surface area contributed by atoms with E-state index in [4.69, 9.17) is 11.6 Å². The second kappa shape index (κ2) is 6.98. The Morgan fingerprint density at radius 1 is 1.00 bits per heavy atom. The Morgan fingerprint density at radius 3 is 2.57 bits per heavy atom. The quantitative estimate of drug-likeness (QED) is 0.602. The highest BCUT2D eigenvalue weighted by Crippen LogP contribution is 2.25. The Balaban J connectivity index is 1.79. The Hall–Kier alpha value is -2.11. The van der Waals surface area contributed by atoms with Gasteiger partial charge in [-0.2, -0.15) is 4.98 Å². The molecule has 0 atom stereocenters. The molecule has 116 valence electrons. The normalized spacial score (nSPS) is 10.4. The Bertz CT molecular complexity index is 821. The predicted molar refractivity (Wildman–Crippen MR) is 98.9 cm³/mol. The molecule has 23 heavy (non-hydrogen) atoms. The SMILES string of the molecule is Cc1c(Cl)cccc1Nc1nccc(Nc2ccc(Br)cc2)n1. The van der Waals surface area contributed by atoms with Crippen molar-refractivity contribution in [1.29, 1.82) is 0 Å². The van der Waals surface area contributed by atoms with Crippen LogP contribution < -0.4 is 10.6 Å². The molecule has 0 aliphatic heterocycles. The van der Waals surface area contributed by atoms with Crippen LogP contribution >= 0.6 is 27.5 Å². The number of nitrogens with one attached hydrogen (secondary N) is 2. The summed E-state index contributed by atoms with van der Waals surface area (Å²) in [6.45, 7) is 1.95. The molecule has 0 radical (unpaired) electrons. The van der Waals surface area contributed by atoms with E-state index in [1.54, 1.807) is 6.20 Å². The highest BCUT2D eigenvalue weighted by molar-refractivity contribution is 9.10. The molecule has 0 saturated carbocycles. The van der Waals surface area contributed by atoms with Crippen molar-refractivity contribution in [3.8, 4) is 0 Å². The van der Waals surface area contributed by atoms with Crippen molar-refractivity contribution < 1.29 is 0 Å². The molecule has 2 N–H and O–H groups in total. The molecule has 0 aliphatic carbocycles. The molecule has 6 heteroatoms. The second-order valence-corrected chi connectivity index (χ2v) is 6.26. The van der Waals surface area contributed by atoms with E-state index >= 15 is 0 Å². The third kappa shape index (κ3) is 4.00. The minimum absolute atomic E-state index is 0.512. The minimum Gasteiger partial charge on any atom is -0.340 e. The maximum atomic E-state index is 6.13. The maximum absolute atomic E-state index is 6.13. The first-order chi connectivity index (χ1) is 11.1. The van der Waals surface area contributed by atoms with Crippen molar-refractivity contribution in [3.63, 3.8) is 0 Å². The van der Waals surface area contributed by atoms with E-state index in [2.05, 4.69) is 36.5 Å². The summed E-state index contributed by atoms with van der Waals surface area (Å²) in [7, 11) is 0. The monoisotopic (exact) mass is 388 g/mol. The van der Waals surface area contributed by atoms with Gasteiger partial charge in [-0.25, -0.2) is 4.98 Å². The van der Waals surface area contributed by atoms with Crippen LogP contribution in [0.2, 0.25) is 5.02 Å². The van der Waals surface area contributed by atoms with E-state index in [9.17, 15) is 0 Å². The molecule has 0 amide bonds. The van der Waals surface area contributed by atoms with Crippen LogP contribution in [0.4, 0.5) is 23.1 Å². The lowest BCUT2D eigenvalue weighted by molar-refractivity contribution is 1.16. The summed E-state index contributed by atoms with van der Waals surface area (Å²) in [6, 6.07) is 15.4. The first-order valence-corrected chi connectivity index (χ1v) is 8.17. The Morgan fingerprint density at radius 2 is 1.78 bits per heavy atom. The lowest BCUT2D eigenvalue weighted by Gasteiger charge is -2.11. The molecule has 0 saturated heterocycles. The van der Waals surface area contributed by atoms with Crippen molar-refractivity contribution in [1.82, 2.24) is 9.97 Å². The van der Waals surface area contributed by atoms with Crippen LogP contribution in [0.3, 0.4) is 0 Å². The smallest absolute Gasteiger partial charge is 0.229 e. The summed E-state index contributed by atoms with van der Waals surface area (Å²) in [5.41, 5.74) is 2.80. The fourth-order valence-corrected chi connectivity index (χ4v) is 2.47.